The lowest BCUT2D eigenvalue weighted by molar-refractivity contribution is 0.526. The zero-order valence-corrected chi connectivity index (χ0v) is 31.6. The van der Waals surface area contributed by atoms with Crippen molar-refractivity contribution in [3.8, 4) is 22.5 Å². The topological polar surface area (TPSA) is 36.0 Å². The fraction of sp³-hybridized carbons (Fsp3) is 0.0370. The molecule has 4 heteroatoms. The first-order valence-corrected chi connectivity index (χ1v) is 20.0. The lowest BCUT2D eigenvalue weighted by atomic mass is 9.91. The quantitative estimate of drug-likeness (QED) is 0.187. The van der Waals surface area contributed by atoms with Gasteiger partial charge in [-0.25, -0.2) is 0 Å². The van der Waals surface area contributed by atoms with Gasteiger partial charge in [0.15, 0.2) is 0 Å². The molecule has 3 heterocycles. The minimum absolute atomic E-state index is 0.00168. The van der Waals surface area contributed by atoms with E-state index in [1.807, 2.05) is 0 Å². The summed E-state index contributed by atoms with van der Waals surface area (Å²) in [4.78, 5) is 0. The second-order valence-corrected chi connectivity index (χ2v) is 15.4. The molecule has 9 aromatic carbocycles. The summed E-state index contributed by atoms with van der Waals surface area (Å²) in [7, 11) is 0. The molecule has 0 aliphatic carbocycles. The van der Waals surface area contributed by atoms with Crippen LogP contribution in [0.4, 0.5) is 5.69 Å². The molecule has 12 rings (SSSR count). The maximum atomic E-state index is 5.47. The number of hydrogen-bond acceptors (Lipinski definition) is 1. The van der Waals surface area contributed by atoms with Gasteiger partial charge >= 0.3 is 0 Å². The summed E-state index contributed by atoms with van der Waals surface area (Å²) in [5.41, 5.74) is 14.0. The Morgan fingerprint density at radius 3 is 1.78 bits per heavy atom. The Kier molecular flexibility index (Phi) is 7.40. The van der Waals surface area contributed by atoms with Crippen LogP contribution in [0.1, 0.15) is 28.9 Å². The maximum Gasteiger partial charge on any atom is 0.0556 e. The summed E-state index contributed by atoms with van der Waals surface area (Å²) in [5, 5.41) is 16.8. The number of rotatable bonds is 5. The van der Waals surface area contributed by atoms with Crippen molar-refractivity contribution in [2.45, 2.75) is 12.2 Å². The van der Waals surface area contributed by atoms with Crippen LogP contribution in [0.5, 0.6) is 0 Å². The number of aromatic nitrogens is 2. The van der Waals surface area contributed by atoms with Gasteiger partial charge in [-0.1, -0.05) is 152 Å². The number of nitrogens with one attached hydrogen (secondary N) is 1. The van der Waals surface area contributed by atoms with Crippen LogP contribution in [0.25, 0.3) is 82.2 Å². The highest BCUT2D eigenvalue weighted by Crippen LogP contribution is 2.48. The van der Waals surface area contributed by atoms with Crippen LogP contribution in [0, 0.1) is 0 Å². The Morgan fingerprint density at radius 2 is 0.966 bits per heavy atom. The molecule has 2 aromatic heterocycles. The second-order valence-electron chi connectivity index (χ2n) is 15.4. The lowest BCUT2D eigenvalue weighted by Gasteiger charge is -2.46. The van der Waals surface area contributed by atoms with E-state index in [4.69, 9.17) is 5.32 Å². The van der Waals surface area contributed by atoms with Gasteiger partial charge in [0, 0.05) is 32.9 Å². The monoisotopic (exact) mass is 741 g/mol. The molecule has 0 saturated carbocycles. The zero-order chi connectivity index (χ0) is 38.2. The molecule has 2 atom stereocenters. The summed E-state index contributed by atoms with van der Waals surface area (Å²) in [6.45, 7) is 0. The summed E-state index contributed by atoms with van der Waals surface area (Å²) in [6.07, 6.45) is -0.239. The van der Waals surface area contributed by atoms with Crippen molar-refractivity contribution in [1.29, 1.82) is 0 Å². The van der Waals surface area contributed by atoms with Gasteiger partial charge in [0.1, 0.15) is 0 Å². The number of fused-ring (bicyclic) bond motifs is 9. The summed E-state index contributed by atoms with van der Waals surface area (Å²) in [6, 6.07) is 74.8. The Labute approximate surface area is 336 Å². The fourth-order valence-electron chi connectivity index (χ4n) is 9.43. The Bertz CT molecular complexity index is 3360. The van der Waals surface area contributed by atoms with Crippen LogP contribution in [0.3, 0.4) is 0 Å². The Balaban J connectivity index is 0.996. The number of para-hydroxylation sites is 3. The van der Waals surface area contributed by atoms with Gasteiger partial charge < -0.3 is 19.8 Å². The van der Waals surface area contributed by atoms with Gasteiger partial charge in [-0.15, -0.1) is 5.69 Å². The van der Waals surface area contributed by atoms with E-state index in [1.54, 1.807) is 0 Å². The molecule has 0 radical (unpaired) electrons. The second kappa shape index (κ2) is 13.1. The molecule has 0 bridgehead atoms. The molecule has 2 unspecified atom stereocenters. The molecular weight excluding hydrogens is 705 g/mol. The molecule has 4 nitrogen and oxygen atoms in total. The number of benzene rings is 9. The minimum Gasteiger partial charge on any atom is -0.665 e. The molecule has 0 fully saturated rings. The van der Waals surface area contributed by atoms with Crippen molar-refractivity contribution >= 4 is 60.1 Å². The summed E-state index contributed by atoms with van der Waals surface area (Å²) >= 11 is 0. The molecule has 0 spiro atoms. The third-order valence-corrected chi connectivity index (χ3v) is 12.1. The molecule has 274 valence electrons. The smallest absolute Gasteiger partial charge is 0.0556 e. The highest BCUT2D eigenvalue weighted by molar-refractivity contribution is 6.12. The van der Waals surface area contributed by atoms with E-state index < -0.39 is 0 Å². The van der Waals surface area contributed by atoms with E-state index >= 15 is 0 Å². The van der Waals surface area contributed by atoms with Crippen LogP contribution in [0.2, 0.25) is 0 Å². The predicted molar refractivity (Wildman–Crippen MR) is 242 cm³/mol. The van der Waals surface area contributed by atoms with Crippen LogP contribution >= 0.6 is 0 Å². The molecular formula is C54H37N4-. The van der Waals surface area contributed by atoms with Gasteiger partial charge in [-0.3, -0.25) is 0 Å². The van der Waals surface area contributed by atoms with Crippen LogP contribution in [-0.2, 0) is 0 Å². The van der Waals surface area contributed by atoms with Gasteiger partial charge in [0.2, 0.25) is 0 Å². The first kappa shape index (κ1) is 32.8. The number of hydrogen-bond donors (Lipinski definition) is 1. The SMILES string of the molecule is c1ccc(C2NC(c3cccc(-n4c5ccccc5c5ccc(-c6ccc7c(c6)c6ccccc6n7-c6ccccc6)cc54)c3)[N-]c3c2ccc2ccccc32)cc1. The van der Waals surface area contributed by atoms with E-state index in [2.05, 4.69) is 221 Å². The fourth-order valence-corrected chi connectivity index (χ4v) is 9.43. The van der Waals surface area contributed by atoms with E-state index in [0.717, 1.165) is 16.9 Å². The van der Waals surface area contributed by atoms with Gasteiger partial charge in [-0.2, -0.15) is 0 Å². The lowest BCUT2D eigenvalue weighted by Crippen LogP contribution is -2.30. The summed E-state index contributed by atoms with van der Waals surface area (Å²) in [5.74, 6) is 0. The van der Waals surface area contributed by atoms with Crippen molar-refractivity contribution in [3.63, 3.8) is 0 Å². The van der Waals surface area contributed by atoms with Crippen molar-refractivity contribution in [1.82, 2.24) is 14.5 Å². The first-order chi connectivity index (χ1) is 28.8. The van der Waals surface area contributed by atoms with E-state index in [1.165, 1.54) is 82.3 Å². The van der Waals surface area contributed by atoms with Gasteiger partial charge in [-0.05, 0) is 99.4 Å². The van der Waals surface area contributed by atoms with Crippen molar-refractivity contribution in [2.24, 2.45) is 0 Å². The predicted octanol–water partition coefficient (Wildman–Crippen LogP) is 14.1. The third kappa shape index (κ3) is 5.12. The molecule has 0 saturated heterocycles. The maximum absolute atomic E-state index is 5.47. The Morgan fingerprint density at radius 1 is 0.379 bits per heavy atom. The molecule has 1 N–H and O–H groups in total. The normalized spacial score (nSPS) is 15.3. The molecule has 58 heavy (non-hydrogen) atoms. The summed E-state index contributed by atoms with van der Waals surface area (Å²) < 4.78 is 4.80. The highest BCUT2D eigenvalue weighted by atomic mass is 15.2. The van der Waals surface area contributed by atoms with Crippen LogP contribution in [0.15, 0.2) is 206 Å². The zero-order valence-electron chi connectivity index (χ0n) is 31.6. The van der Waals surface area contributed by atoms with Crippen molar-refractivity contribution in [3.05, 3.63) is 228 Å². The largest absolute Gasteiger partial charge is 0.665 e. The first-order valence-electron chi connectivity index (χ1n) is 20.0. The third-order valence-electron chi connectivity index (χ3n) is 12.1. The van der Waals surface area contributed by atoms with Crippen molar-refractivity contribution < 1.29 is 0 Å². The number of nitrogens with zero attached hydrogens (tertiary/aromatic N) is 3. The van der Waals surface area contributed by atoms with Gasteiger partial charge in [0.25, 0.3) is 0 Å². The molecule has 11 aromatic rings. The van der Waals surface area contributed by atoms with Crippen LogP contribution < -0.4 is 5.32 Å². The highest BCUT2D eigenvalue weighted by Gasteiger charge is 2.23. The average Bonchev–Trinajstić information content (AvgIpc) is 3.81. The average molecular weight is 742 g/mol. The Hall–Kier alpha value is -7.40. The van der Waals surface area contributed by atoms with E-state index in [-0.39, 0.29) is 12.2 Å². The van der Waals surface area contributed by atoms with Gasteiger partial charge in [0.05, 0.1) is 28.1 Å². The van der Waals surface area contributed by atoms with E-state index in [9.17, 15) is 0 Å². The molecule has 1 aliphatic heterocycles. The minimum atomic E-state index is -0.239. The van der Waals surface area contributed by atoms with E-state index in [0.29, 0.717) is 0 Å². The standard InChI is InChI=1S/C54H37N4/c1-3-15-36(16-4-1)52-46-30-26-35-14-7-8-21-42(35)53(46)56-54(55-52)39-17-13-20-41(32-39)58-48-24-11-9-22-43(48)45-29-27-38(34-51(45)58)37-28-31-50-47(33-37)44-23-10-12-25-49(44)57(50)40-18-5-2-6-19-40/h1-34,52,54-55H/q-1. The van der Waals surface area contributed by atoms with Crippen LogP contribution in [-0.4, -0.2) is 9.13 Å². The van der Waals surface area contributed by atoms with Crippen molar-refractivity contribution in [2.75, 3.05) is 0 Å². The molecule has 0 amide bonds. The molecule has 1 aliphatic rings.